The largest absolute Gasteiger partial charge is 0.496 e. The molecule has 0 aliphatic heterocycles. The van der Waals surface area contributed by atoms with Gasteiger partial charge in [0.15, 0.2) is 0 Å². The zero-order valence-electron chi connectivity index (χ0n) is 16.4. The lowest BCUT2D eigenvalue weighted by Crippen LogP contribution is -2.37. The summed E-state index contributed by atoms with van der Waals surface area (Å²) in [5, 5.41) is 4.02. The highest BCUT2D eigenvalue weighted by Crippen LogP contribution is 2.30. The van der Waals surface area contributed by atoms with Crippen LogP contribution in [-0.4, -0.2) is 41.2 Å². The number of hydrogen-bond acceptors (Lipinski definition) is 6. The van der Waals surface area contributed by atoms with Gasteiger partial charge >= 0.3 is 0 Å². The Bertz CT molecular complexity index is 916. The Morgan fingerprint density at radius 1 is 1.04 bits per heavy atom. The van der Waals surface area contributed by atoms with Crippen molar-refractivity contribution in [1.29, 1.82) is 0 Å². The minimum atomic E-state index is -0.233. The van der Waals surface area contributed by atoms with Crippen LogP contribution in [0.3, 0.4) is 0 Å². The summed E-state index contributed by atoms with van der Waals surface area (Å²) in [6.45, 7) is 4.03. The van der Waals surface area contributed by atoms with Crippen LogP contribution in [0.1, 0.15) is 30.1 Å². The molecule has 3 aromatic rings. The molecule has 0 fully saturated rings. The molecule has 0 radical (unpaired) electrons. The van der Waals surface area contributed by atoms with Crippen LogP contribution in [0.4, 0.5) is 0 Å². The number of aromatic nitrogens is 2. The molecule has 0 saturated heterocycles. The fourth-order valence-corrected chi connectivity index (χ4v) is 2.86. The predicted octanol–water partition coefficient (Wildman–Crippen LogP) is 3.80. The lowest BCUT2D eigenvalue weighted by molar-refractivity contribution is 0.0660. The molecule has 0 saturated carbocycles. The van der Waals surface area contributed by atoms with Crippen LogP contribution >= 0.6 is 0 Å². The van der Waals surface area contributed by atoms with Gasteiger partial charge in [-0.15, -0.1) is 0 Å². The van der Waals surface area contributed by atoms with E-state index in [0.717, 1.165) is 5.56 Å². The van der Waals surface area contributed by atoms with Crippen molar-refractivity contribution in [3.63, 3.8) is 0 Å². The molecule has 7 nitrogen and oxygen atoms in total. The Morgan fingerprint density at radius 3 is 2.25 bits per heavy atom. The van der Waals surface area contributed by atoms with Gasteiger partial charge in [-0.2, -0.15) is 4.98 Å². The molecule has 1 amide bonds. The maximum absolute atomic E-state index is 13.3. The molecule has 0 aliphatic carbocycles. The van der Waals surface area contributed by atoms with E-state index in [-0.39, 0.29) is 18.5 Å². The van der Waals surface area contributed by atoms with E-state index in [9.17, 15) is 4.79 Å². The van der Waals surface area contributed by atoms with Gasteiger partial charge in [-0.1, -0.05) is 41.6 Å². The van der Waals surface area contributed by atoms with Crippen LogP contribution in [0.15, 0.2) is 53.1 Å². The minimum absolute atomic E-state index is 0.103. The molecule has 0 spiro atoms. The summed E-state index contributed by atoms with van der Waals surface area (Å²) in [5.41, 5.74) is 1.22. The van der Waals surface area contributed by atoms with Gasteiger partial charge < -0.3 is 18.9 Å². The summed E-state index contributed by atoms with van der Waals surface area (Å²) >= 11 is 0. The number of carbonyl (C=O) groups excluding carboxylic acids is 1. The Balaban J connectivity index is 1.89. The van der Waals surface area contributed by atoms with Crippen LogP contribution in [0.5, 0.6) is 11.5 Å². The van der Waals surface area contributed by atoms with E-state index in [1.54, 1.807) is 23.1 Å². The highest BCUT2D eigenvalue weighted by Gasteiger charge is 2.27. The molecule has 0 aliphatic rings. The van der Waals surface area contributed by atoms with E-state index < -0.39 is 0 Å². The molecule has 3 rings (SSSR count). The molecular formula is C21H23N3O4. The summed E-state index contributed by atoms with van der Waals surface area (Å²) in [4.78, 5) is 19.4. The van der Waals surface area contributed by atoms with Gasteiger partial charge in [0.25, 0.3) is 5.91 Å². The van der Waals surface area contributed by atoms with Crippen molar-refractivity contribution < 1.29 is 18.8 Å². The molecule has 0 unspecified atom stereocenters. The Labute approximate surface area is 163 Å². The van der Waals surface area contributed by atoms with Crippen molar-refractivity contribution >= 4 is 5.91 Å². The molecule has 0 atom stereocenters. The van der Waals surface area contributed by atoms with Crippen molar-refractivity contribution in [2.75, 3.05) is 14.2 Å². The van der Waals surface area contributed by atoms with E-state index in [4.69, 9.17) is 14.0 Å². The van der Waals surface area contributed by atoms with Crippen LogP contribution < -0.4 is 9.47 Å². The number of benzene rings is 2. The van der Waals surface area contributed by atoms with Gasteiger partial charge in [0.2, 0.25) is 11.7 Å². The fourth-order valence-electron chi connectivity index (χ4n) is 2.86. The standard InChI is InChI=1S/C21H23N3O4/c1-14(2)24(21(25)19-16(26-3)11-8-12-17(19)27-4)13-18-22-20(23-28-18)15-9-6-5-7-10-15/h5-12,14H,13H2,1-4H3. The Kier molecular flexibility index (Phi) is 5.93. The van der Waals surface area contributed by atoms with Crippen molar-refractivity contribution in [1.82, 2.24) is 15.0 Å². The third-order valence-corrected chi connectivity index (χ3v) is 4.33. The summed E-state index contributed by atoms with van der Waals surface area (Å²) in [6, 6.07) is 14.7. The van der Waals surface area contributed by atoms with Gasteiger partial charge in [-0.3, -0.25) is 4.79 Å². The van der Waals surface area contributed by atoms with Gasteiger partial charge in [0.05, 0.1) is 14.2 Å². The topological polar surface area (TPSA) is 77.7 Å². The molecule has 0 N–H and O–H groups in total. The molecule has 28 heavy (non-hydrogen) atoms. The average Bonchev–Trinajstić information content (AvgIpc) is 3.20. The van der Waals surface area contributed by atoms with E-state index in [1.165, 1.54) is 14.2 Å². The van der Waals surface area contributed by atoms with Gasteiger partial charge in [-0.05, 0) is 26.0 Å². The number of hydrogen-bond donors (Lipinski definition) is 0. The second kappa shape index (κ2) is 8.56. The molecule has 146 valence electrons. The number of methoxy groups -OCH3 is 2. The van der Waals surface area contributed by atoms with Gasteiger partial charge in [-0.25, -0.2) is 0 Å². The summed E-state index contributed by atoms with van der Waals surface area (Å²) < 4.78 is 16.1. The van der Waals surface area contributed by atoms with Crippen LogP contribution in [0.25, 0.3) is 11.4 Å². The summed E-state index contributed by atoms with van der Waals surface area (Å²) in [5.74, 6) is 1.51. The van der Waals surface area contributed by atoms with Crippen molar-refractivity contribution in [2.24, 2.45) is 0 Å². The van der Waals surface area contributed by atoms with Crippen LogP contribution in [0, 0.1) is 0 Å². The third-order valence-electron chi connectivity index (χ3n) is 4.33. The smallest absolute Gasteiger partial charge is 0.262 e. The third kappa shape index (κ3) is 3.98. The Morgan fingerprint density at radius 2 is 1.68 bits per heavy atom. The highest BCUT2D eigenvalue weighted by atomic mass is 16.5. The summed E-state index contributed by atoms with van der Waals surface area (Å²) in [6.07, 6.45) is 0. The molecule has 2 aromatic carbocycles. The predicted molar refractivity (Wildman–Crippen MR) is 104 cm³/mol. The number of ether oxygens (including phenoxy) is 2. The second-order valence-corrected chi connectivity index (χ2v) is 6.44. The van der Waals surface area contributed by atoms with E-state index in [1.807, 2.05) is 44.2 Å². The number of nitrogens with zero attached hydrogens (tertiary/aromatic N) is 3. The molecular weight excluding hydrogens is 358 g/mol. The average molecular weight is 381 g/mol. The highest BCUT2D eigenvalue weighted by molar-refractivity contribution is 5.99. The normalized spacial score (nSPS) is 10.8. The zero-order chi connectivity index (χ0) is 20.1. The first kappa shape index (κ1) is 19.4. The van der Waals surface area contributed by atoms with E-state index in [0.29, 0.717) is 28.8 Å². The molecule has 1 heterocycles. The first-order chi connectivity index (χ1) is 13.5. The zero-order valence-corrected chi connectivity index (χ0v) is 16.4. The molecule has 0 bridgehead atoms. The van der Waals surface area contributed by atoms with Crippen molar-refractivity contribution in [3.05, 3.63) is 60.0 Å². The number of rotatable bonds is 7. The maximum Gasteiger partial charge on any atom is 0.262 e. The molecule has 7 heteroatoms. The van der Waals surface area contributed by atoms with E-state index in [2.05, 4.69) is 10.1 Å². The first-order valence-corrected chi connectivity index (χ1v) is 8.95. The van der Waals surface area contributed by atoms with Gasteiger partial charge in [0.1, 0.15) is 23.6 Å². The first-order valence-electron chi connectivity index (χ1n) is 8.95. The van der Waals surface area contributed by atoms with Gasteiger partial charge in [0, 0.05) is 11.6 Å². The SMILES string of the molecule is COc1cccc(OC)c1C(=O)N(Cc1nc(-c2ccccc2)no1)C(C)C. The van der Waals surface area contributed by atoms with Crippen LogP contribution in [0.2, 0.25) is 0 Å². The molecule has 1 aromatic heterocycles. The van der Waals surface area contributed by atoms with Crippen molar-refractivity contribution in [3.8, 4) is 22.9 Å². The fraction of sp³-hybridized carbons (Fsp3) is 0.286. The summed E-state index contributed by atoms with van der Waals surface area (Å²) in [7, 11) is 3.05. The number of carbonyl (C=O) groups is 1. The quantitative estimate of drug-likeness (QED) is 0.619. The lowest BCUT2D eigenvalue weighted by Gasteiger charge is -2.26. The van der Waals surface area contributed by atoms with Crippen LogP contribution in [-0.2, 0) is 6.54 Å². The van der Waals surface area contributed by atoms with Crippen molar-refractivity contribution in [2.45, 2.75) is 26.4 Å². The number of amides is 1. The van der Waals surface area contributed by atoms with E-state index >= 15 is 0 Å². The monoisotopic (exact) mass is 381 g/mol. The Hall–Kier alpha value is -3.35. The second-order valence-electron chi connectivity index (χ2n) is 6.44. The lowest BCUT2D eigenvalue weighted by atomic mass is 10.1. The maximum atomic E-state index is 13.3. The minimum Gasteiger partial charge on any atom is -0.496 e.